The standard InChI is InChI=1S/C25H30O/c1-24(2,3)16-19-12-11-17(15-23(19)26)20-13-18-9-7-8-10-21(18)22(14-20)25(4,5)6/h7-15,26H,16H2,1-6H3. The lowest BCUT2D eigenvalue weighted by atomic mass is 9.81. The minimum atomic E-state index is 0.0594. The Bertz CT molecular complexity index is 937. The van der Waals surface area contributed by atoms with Gasteiger partial charge < -0.3 is 5.11 Å². The van der Waals surface area contributed by atoms with Gasteiger partial charge in [-0.05, 0) is 68.5 Å². The molecule has 0 saturated heterocycles. The molecule has 0 spiro atoms. The summed E-state index contributed by atoms with van der Waals surface area (Å²) in [6.45, 7) is 13.3. The SMILES string of the molecule is CC(C)(C)Cc1ccc(-c2cc(C(C)(C)C)c3ccccc3c2)cc1O. The molecule has 136 valence electrons. The van der Waals surface area contributed by atoms with Crippen LogP contribution in [0.3, 0.4) is 0 Å². The van der Waals surface area contributed by atoms with E-state index >= 15 is 0 Å². The van der Waals surface area contributed by atoms with Gasteiger partial charge in [-0.1, -0.05) is 77.9 Å². The summed E-state index contributed by atoms with van der Waals surface area (Å²) in [5, 5.41) is 13.1. The van der Waals surface area contributed by atoms with Crippen molar-refractivity contribution in [2.75, 3.05) is 0 Å². The molecule has 3 aromatic carbocycles. The van der Waals surface area contributed by atoms with Crippen LogP contribution in [-0.4, -0.2) is 5.11 Å². The normalized spacial score (nSPS) is 12.5. The van der Waals surface area contributed by atoms with Gasteiger partial charge in [0.05, 0.1) is 0 Å². The summed E-state index contributed by atoms with van der Waals surface area (Å²) in [6, 6.07) is 19.2. The minimum Gasteiger partial charge on any atom is -0.508 e. The molecule has 3 aromatic rings. The van der Waals surface area contributed by atoms with E-state index in [2.05, 4.69) is 90.1 Å². The topological polar surface area (TPSA) is 20.2 Å². The Morgan fingerprint density at radius 1 is 0.769 bits per heavy atom. The Morgan fingerprint density at radius 3 is 2.08 bits per heavy atom. The molecule has 3 rings (SSSR count). The first kappa shape index (κ1) is 18.5. The molecule has 0 aliphatic rings. The summed E-state index contributed by atoms with van der Waals surface area (Å²) >= 11 is 0. The van der Waals surface area contributed by atoms with Crippen molar-refractivity contribution < 1.29 is 5.11 Å². The second-order valence-electron chi connectivity index (χ2n) is 9.58. The molecule has 1 nitrogen and oxygen atoms in total. The van der Waals surface area contributed by atoms with Crippen molar-refractivity contribution in [1.29, 1.82) is 0 Å². The molecule has 0 aromatic heterocycles. The first-order chi connectivity index (χ1) is 12.0. The van der Waals surface area contributed by atoms with Crippen LogP contribution in [0.1, 0.15) is 52.7 Å². The fraction of sp³-hybridized carbons (Fsp3) is 0.360. The van der Waals surface area contributed by atoms with Gasteiger partial charge in [-0.3, -0.25) is 0 Å². The van der Waals surface area contributed by atoms with E-state index < -0.39 is 0 Å². The number of aromatic hydroxyl groups is 1. The van der Waals surface area contributed by atoms with Crippen LogP contribution in [0.25, 0.3) is 21.9 Å². The Labute approximate surface area is 157 Å². The van der Waals surface area contributed by atoms with Gasteiger partial charge in [-0.15, -0.1) is 0 Å². The van der Waals surface area contributed by atoms with E-state index in [0.717, 1.165) is 23.1 Å². The molecule has 0 saturated carbocycles. The molecule has 1 N–H and O–H groups in total. The Balaban J connectivity index is 2.13. The zero-order valence-corrected chi connectivity index (χ0v) is 16.9. The maximum atomic E-state index is 10.6. The number of hydrogen-bond donors (Lipinski definition) is 1. The number of phenolic OH excluding ortho intramolecular Hbond substituents is 1. The molecule has 26 heavy (non-hydrogen) atoms. The van der Waals surface area contributed by atoms with Gasteiger partial charge in [0.25, 0.3) is 0 Å². The lowest BCUT2D eigenvalue weighted by molar-refractivity contribution is 0.395. The van der Waals surface area contributed by atoms with Crippen molar-refractivity contribution in [1.82, 2.24) is 0 Å². The summed E-state index contributed by atoms with van der Waals surface area (Å²) in [5.74, 6) is 0.392. The second-order valence-corrected chi connectivity index (χ2v) is 9.58. The van der Waals surface area contributed by atoms with Crippen LogP contribution in [0.4, 0.5) is 0 Å². The van der Waals surface area contributed by atoms with Gasteiger partial charge in [0.1, 0.15) is 5.75 Å². The molecule has 0 radical (unpaired) electrons. The zero-order chi connectivity index (χ0) is 19.1. The third-order valence-corrected chi connectivity index (χ3v) is 4.81. The predicted octanol–water partition coefficient (Wildman–Crippen LogP) is 7.10. The van der Waals surface area contributed by atoms with E-state index in [4.69, 9.17) is 0 Å². The van der Waals surface area contributed by atoms with Gasteiger partial charge in [0.15, 0.2) is 0 Å². The molecule has 0 bridgehead atoms. The lowest BCUT2D eigenvalue weighted by Gasteiger charge is -2.23. The van der Waals surface area contributed by atoms with Gasteiger partial charge in [0, 0.05) is 0 Å². The third-order valence-electron chi connectivity index (χ3n) is 4.81. The van der Waals surface area contributed by atoms with E-state index in [-0.39, 0.29) is 10.8 Å². The fourth-order valence-corrected chi connectivity index (χ4v) is 3.56. The number of rotatable bonds is 2. The van der Waals surface area contributed by atoms with Crippen LogP contribution in [0.15, 0.2) is 54.6 Å². The molecule has 0 fully saturated rings. The van der Waals surface area contributed by atoms with Crippen molar-refractivity contribution in [2.24, 2.45) is 5.41 Å². The average Bonchev–Trinajstić information content (AvgIpc) is 2.53. The average molecular weight is 347 g/mol. The first-order valence-electron chi connectivity index (χ1n) is 9.40. The second kappa shape index (κ2) is 6.46. The number of hydrogen-bond acceptors (Lipinski definition) is 1. The highest BCUT2D eigenvalue weighted by Gasteiger charge is 2.19. The lowest BCUT2D eigenvalue weighted by Crippen LogP contribution is -2.12. The Kier molecular flexibility index (Phi) is 4.60. The van der Waals surface area contributed by atoms with E-state index in [1.807, 2.05) is 6.07 Å². The molecule has 0 unspecified atom stereocenters. The predicted molar refractivity (Wildman–Crippen MR) is 113 cm³/mol. The minimum absolute atomic E-state index is 0.0594. The number of benzene rings is 3. The van der Waals surface area contributed by atoms with Crippen LogP contribution < -0.4 is 0 Å². The van der Waals surface area contributed by atoms with Crippen LogP contribution >= 0.6 is 0 Å². The summed E-state index contributed by atoms with van der Waals surface area (Å²) < 4.78 is 0. The van der Waals surface area contributed by atoms with Gasteiger partial charge in [-0.25, -0.2) is 0 Å². The molecule has 0 heterocycles. The summed E-state index contributed by atoms with van der Waals surface area (Å²) in [4.78, 5) is 0. The van der Waals surface area contributed by atoms with E-state index in [9.17, 15) is 5.11 Å². The summed E-state index contributed by atoms with van der Waals surface area (Å²) in [6.07, 6.45) is 0.865. The monoisotopic (exact) mass is 346 g/mol. The van der Waals surface area contributed by atoms with Gasteiger partial charge in [0.2, 0.25) is 0 Å². The van der Waals surface area contributed by atoms with Crippen LogP contribution in [-0.2, 0) is 11.8 Å². The Hall–Kier alpha value is -2.28. The van der Waals surface area contributed by atoms with E-state index in [1.54, 1.807) is 0 Å². The van der Waals surface area contributed by atoms with Crippen molar-refractivity contribution in [3.63, 3.8) is 0 Å². The molecular weight excluding hydrogens is 316 g/mol. The maximum absolute atomic E-state index is 10.6. The largest absolute Gasteiger partial charge is 0.508 e. The third kappa shape index (κ3) is 3.93. The van der Waals surface area contributed by atoms with Gasteiger partial charge >= 0.3 is 0 Å². The number of phenols is 1. The first-order valence-corrected chi connectivity index (χ1v) is 9.40. The molecule has 0 aliphatic carbocycles. The van der Waals surface area contributed by atoms with Crippen LogP contribution in [0.5, 0.6) is 5.75 Å². The maximum Gasteiger partial charge on any atom is 0.119 e. The van der Waals surface area contributed by atoms with Crippen molar-refractivity contribution in [3.8, 4) is 16.9 Å². The zero-order valence-electron chi connectivity index (χ0n) is 16.9. The smallest absolute Gasteiger partial charge is 0.119 e. The highest BCUT2D eigenvalue weighted by atomic mass is 16.3. The van der Waals surface area contributed by atoms with E-state index in [1.165, 1.54) is 16.3 Å². The molecule has 1 heteroatoms. The molecule has 0 atom stereocenters. The van der Waals surface area contributed by atoms with Gasteiger partial charge in [-0.2, -0.15) is 0 Å². The van der Waals surface area contributed by atoms with Crippen molar-refractivity contribution >= 4 is 10.8 Å². The quantitative estimate of drug-likeness (QED) is 0.524. The summed E-state index contributed by atoms with van der Waals surface area (Å²) in [7, 11) is 0. The fourth-order valence-electron chi connectivity index (χ4n) is 3.56. The van der Waals surface area contributed by atoms with E-state index in [0.29, 0.717) is 5.75 Å². The Morgan fingerprint density at radius 2 is 1.46 bits per heavy atom. The number of fused-ring (bicyclic) bond motifs is 1. The van der Waals surface area contributed by atoms with Crippen LogP contribution in [0.2, 0.25) is 0 Å². The molecular formula is C25H30O. The van der Waals surface area contributed by atoms with Crippen LogP contribution in [0, 0.1) is 5.41 Å². The van der Waals surface area contributed by atoms with Crippen molar-refractivity contribution in [3.05, 3.63) is 65.7 Å². The highest BCUT2D eigenvalue weighted by Crippen LogP contribution is 2.36. The summed E-state index contributed by atoms with van der Waals surface area (Å²) in [5.41, 5.74) is 4.79. The molecule has 0 aliphatic heterocycles. The molecule has 0 amide bonds. The highest BCUT2D eigenvalue weighted by molar-refractivity contribution is 5.91. The van der Waals surface area contributed by atoms with Crippen molar-refractivity contribution in [2.45, 2.75) is 53.4 Å².